The minimum Gasteiger partial charge on any atom is -0.126 e. The lowest BCUT2D eigenvalue weighted by Crippen LogP contribution is -2.21. The van der Waals surface area contributed by atoms with Crippen molar-refractivity contribution >= 4 is 11.6 Å². The molecule has 2 aliphatic carbocycles. The number of benzene rings is 1. The molecule has 2 saturated carbocycles. The Bertz CT molecular complexity index is 332. The third kappa shape index (κ3) is 1.50. The SMILES string of the molecule is ClCC1C2CCC(C2)C1c1ccccc1. The first-order chi connectivity index (χ1) is 7.40. The molecule has 2 aliphatic rings. The summed E-state index contributed by atoms with van der Waals surface area (Å²) in [6, 6.07) is 11.0. The van der Waals surface area contributed by atoms with Gasteiger partial charge in [-0.15, -0.1) is 11.6 Å². The summed E-state index contributed by atoms with van der Waals surface area (Å²) in [4.78, 5) is 0. The fourth-order valence-electron chi connectivity index (χ4n) is 3.83. The molecule has 15 heavy (non-hydrogen) atoms. The zero-order valence-corrected chi connectivity index (χ0v) is 9.66. The second-order valence-electron chi connectivity index (χ2n) is 5.09. The molecule has 0 radical (unpaired) electrons. The van der Waals surface area contributed by atoms with Crippen LogP contribution < -0.4 is 0 Å². The average molecular weight is 221 g/mol. The van der Waals surface area contributed by atoms with Crippen LogP contribution >= 0.6 is 11.6 Å². The van der Waals surface area contributed by atoms with E-state index in [2.05, 4.69) is 30.3 Å². The Balaban J connectivity index is 1.92. The van der Waals surface area contributed by atoms with Crippen molar-refractivity contribution in [2.75, 3.05) is 5.88 Å². The molecule has 0 N–H and O–H groups in total. The molecule has 2 fully saturated rings. The summed E-state index contributed by atoms with van der Waals surface area (Å²) in [5.74, 6) is 4.18. The Labute approximate surface area is 96.6 Å². The number of hydrogen-bond acceptors (Lipinski definition) is 0. The van der Waals surface area contributed by atoms with Gasteiger partial charge in [-0.2, -0.15) is 0 Å². The highest BCUT2D eigenvalue weighted by molar-refractivity contribution is 6.18. The van der Waals surface area contributed by atoms with Crippen LogP contribution in [0.2, 0.25) is 0 Å². The highest BCUT2D eigenvalue weighted by atomic mass is 35.5. The molecule has 1 aromatic carbocycles. The van der Waals surface area contributed by atoms with E-state index in [1.165, 1.54) is 24.8 Å². The molecule has 0 aliphatic heterocycles. The summed E-state index contributed by atoms with van der Waals surface area (Å²) < 4.78 is 0. The molecule has 4 atom stereocenters. The molecule has 3 rings (SSSR count). The first-order valence-electron chi connectivity index (χ1n) is 6.01. The second kappa shape index (κ2) is 3.83. The third-order valence-electron chi connectivity index (χ3n) is 4.45. The number of alkyl halides is 1. The molecule has 0 aromatic heterocycles. The number of hydrogen-bond donors (Lipinski definition) is 0. The van der Waals surface area contributed by atoms with Crippen molar-refractivity contribution in [1.82, 2.24) is 0 Å². The van der Waals surface area contributed by atoms with Gasteiger partial charge in [-0.05, 0) is 48.5 Å². The molecule has 4 unspecified atom stereocenters. The Morgan fingerprint density at radius 2 is 1.80 bits per heavy atom. The van der Waals surface area contributed by atoms with Gasteiger partial charge in [-0.3, -0.25) is 0 Å². The van der Waals surface area contributed by atoms with E-state index in [9.17, 15) is 0 Å². The van der Waals surface area contributed by atoms with Crippen molar-refractivity contribution in [3.63, 3.8) is 0 Å². The zero-order chi connectivity index (χ0) is 10.3. The van der Waals surface area contributed by atoms with Crippen LogP contribution in [0, 0.1) is 17.8 Å². The maximum Gasteiger partial charge on any atom is 0.0260 e. The summed E-state index contributed by atoms with van der Waals surface area (Å²) in [5, 5.41) is 0. The van der Waals surface area contributed by atoms with Crippen LogP contribution in [0.15, 0.2) is 30.3 Å². The van der Waals surface area contributed by atoms with Gasteiger partial charge in [0.2, 0.25) is 0 Å². The Hall–Kier alpha value is -0.490. The molecule has 80 valence electrons. The first kappa shape index (κ1) is 9.72. The van der Waals surface area contributed by atoms with Crippen LogP contribution in [0.5, 0.6) is 0 Å². The van der Waals surface area contributed by atoms with E-state index >= 15 is 0 Å². The maximum atomic E-state index is 6.15. The van der Waals surface area contributed by atoms with E-state index in [1.54, 1.807) is 0 Å². The quantitative estimate of drug-likeness (QED) is 0.660. The zero-order valence-electron chi connectivity index (χ0n) is 8.90. The summed E-state index contributed by atoms with van der Waals surface area (Å²) in [5.41, 5.74) is 1.52. The topological polar surface area (TPSA) is 0 Å². The smallest absolute Gasteiger partial charge is 0.0260 e. The van der Waals surface area contributed by atoms with Crippen molar-refractivity contribution in [2.24, 2.45) is 17.8 Å². The van der Waals surface area contributed by atoms with Crippen LogP contribution in [0.25, 0.3) is 0 Å². The van der Waals surface area contributed by atoms with Crippen LogP contribution in [0.3, 0.4) is 0 Å². The molecule has 0 nitrogen and oxygen atoms in total. The minimum atomic E-state index is 0.743. The van der Waals surface area contributed by atoms with Gasteiger partial charge in [0.25, 0.3) is 0 Å². The highest BCUT2D eigenvalue weighted by Crippen LogP contribution is 2.56. The standard InChI is InChI=1S/C14H17Cl/c15-9-13-11-6-7-12(8-11)14(13)10-4-2-1-3-5-10/h1-5,11-14H,6-9H2. The van der Waals surface area contributed by atoms with Crippen molar-refractivity contribution in [2.45, 2.75) is 25.2 Å². The van der Waals surface area contributed by atoms with E-state index in [0.717, 1.165) is 29.6 Å². The Kier molecular flexibility index (Phi) is 2.48. The Morgan fingerprint density at radius 3 is 2.53 bits per heavy atom. The van der Waals surface area contributed by atoms with Crippen LogP contribution in [-0.2, 0) is 0 Å². The molecule has 1 heteroatoms. The molecule has 0 spiro atoms. The normalized spacial score (nSPS) is 38.5. The van der Waals surface area contributed by atoms with Crippen molar-refractivity contribution in [3.8, 4) is 0 Å². The summed E-state index contributed by atoms with van der Waals surface area (Å²) in [6.07, 6.45) is 4.28. The summed E-state index contributed by atoms with van der Waals surface area (Å²) in [7, 11) is 0. The van der Waals surface area contributed by atoms with Gasteiger partial charge >= 0.3 is 0 Å². The summed E-state index contributed by atoms with van der Waals surface area (Å²) >= 11 is 6.15. The van der Waals surface area contributed by atoms with Crippen molar-refractivity contribution in [1.29, 1.82) is 0 Å². The molecular formula is C14H17Cl. The van der Waals surface area contributed by atoms with Gasteiger partial charge in [0.15, 0.2) is 0 Å². The average Bonchev–Trinajstić information content (AvgIpc) is 2.89. The van der Waals surface area contributed by atoms with Gasteiger partial charge in [-0.25, -0.2) is 0 Å². The Morgan fingerprint density at radius 1 is 1.07 bits per heavy atom. The van der Waals surface area contributed by atoms with Gasteiger partial charge < -0.3 is 0 Å². The van der Waals surface area contributed by atoms with Crippen molar-refractivity contribution in [3.05, 3.63) is 35.9 Å². The first-order valence-corrected chi connectivity index (χ1v) is 6.54. The van der Waals surface area contributed by atoms with E-state index in [1.807, 2.05) is 0 Å². The molecule has 0 heterocycles. The van der Waals surface area contributed by atoms with E-state index < -0.39 is 0 Å². The minimum absolute atomic E-state index is 0.743. The fourth-order valence-corrected chi connectivity index (χ4v) is 4.27. The lowest BCUT2D eigenvalue weighted by molar-refractivity contribution is 0.314. The maximum absolute atomic E-state index is 6.15. The number of fused-ring (bicyclic) bond motifs is 2. The number of halogens is 1. The highest BCUT2D eigenvalue weighted by Gasteiger charge is 2.47. The van der Waals surface area contributed by atoms with Gasteiger partial charge in [0.1, 0.15) is 0 Å². The third-order valence-corrected chi connectivity index (χ3v) is 4.81. The number of rotatable bonds is 2. The molecule has 2 bridgehead atoms. The van der Waals surface area contributed by atoms with Crippen LogP contribution in [-0.4, -0.2) is 5.88 Å². The molecular weight excluding hydrogens is 204 g/mol. The molecule has 1 aromatic rings. The second-order valence-corrected chi connectivity index (χ2v) is 5.40. The van der Waals surface area contributed by atoms with E-state index in [4.69, 9.17) is 11.6 Å². The molecule has 0 amide bonds. The van der Waals surface area contributed by atoms with E-state index in [-0.39, 0.29) is 0 Å². The summed E-state index contributed by atoms with van der Waals surface area (Å²) in [6.45, 7) is 0. The van der Waals surface area contributed by atoms with Gasteiger partial charge in [-0.1, -0.05) is 30.3 Å². The monoisotopic (exact) mass is 220 g/mol. The van der Waals surface area contributed by atoms with Crippen molar-refractivity contribution < 1.29 is 0 Å². The predicted molar refractivity (Wildman–Crippen MR) is 64.2 cm³/mol. The van der Waals surface area contributed by atoms with Crippen LogP contribution in [0.4, 0.5) is 0 Å². The lowest BCUT2D eigenvalue weighted by atomic mass is 9.76. The van der Waals surface area contributed by atoms with Crippen LogP contribution in [0.1, 0.15) is 30.7 Å². The predicted octanol–water partition coefficient (Wildman–Crippen LogP) is 4.06. The lowest BCUT2D eigenvalue weighted by Gasteiger charge is -2.30. The largest absolute Gasteiger partial charge is 0.126 e. The molecule has 0 saturated heterocycles. The van der Waals surface area contributed by atoms with E-state index in [0.29, 0.717) is 0 Å². The fraction of sp³-hybridized carbons (Fsp3) is 0.571. The van der Waals surface area contributed by atoms with Gasteiger partial charge in [0, 0.05) is 5.88 Å². The van der Waals surface area contributed by atoms with Gasteiger partial charge in [0.05, 0.1) is 0 Å².